The standard InChI is InChI=1S/C14H20N2O2S/c17-13-11(9-5-1-2-6-9)14(18)16-12(15-13)10-7-3-4-8-19-10/h9-10H,1-8H2,(H2,15,16,17,18). The van der Waals surface area contributed by atoms with Crippen LogP contribution < -0.4 is 5.56 Å². The van der Waals surface area contributed by atoms with Gasteiger partial charge in [-0.05, 0) is 37.4 Å². The number of rotatable bonds is 2. The maximum Gasteiger partial charge on any atom is 0.258 e. The number of aromatic amines is 1. The van der Waals surface area contributed by atoms with Gasteiger partial charge in [0, 0.05) is 0 Å². The molecule has 2 N–H and O–H groups in total. The predicted molar refractivity (Wildman–Crippen MR) is 76.8 cm³/mol. The molecule has 2 heterocycles. The molecule has 1 aliphatic carbocycles. The zero-order chi connectivity index (χ0) is 13.2. The SMILES string of the molecule is O=c1[nH]c(C2CCCCS2)nc(O)c1C1CCCC1. The first-order valence-corrected chi connectivity index (χ1v) is 8.25. The average molecular weight is 280 g/mol. The minimum absolute atomic E-state index is 0.0307. The molecule has 3 rings (SSSR count). The Kier molecular flexibility index (Phi) is 3.82. The van der Waals surface area contributed by atoms with E-state index in [4.69, 9.17) is 0 Å². The molecule has 2 aliphatic rings. The first-order chi connectivity index (χ1) is 9.25. The molecule has 1 aromatic rings. The van der Waals surface area contributed by atoms with E-state index in [1.165, 1.54) is 12.8 Å². The van der Waals surface area contributed by atoms with Crippen LogP contribution in [-0.2, 0) is 0 Å². The summed E-state index contributed by atoms with van der Waals surface area (Å²) in [5.74, 6) is 1.94. The fraction of sp³-hybridized carbons (Fsp3) is 0.714. The molecule has 1 saturated carbocycles. The topological polar surface area (TPSA) is 66.0 Å². The van der Waals surface area contributed by atoms with Gasteiger partial charge in [-0.15, -0.1) is 0 Å². The summed E-state index contributed by atoms with van der Waals surface area (Å²) in [6.45, 7) is 0. The van der Waals surface area contributed by atoms with E-state index >= 15 is 0 Å². The third kappa shape index (κ3) is 2.66. The predicted octanol–water partition coefficient (Wildman–Crippen LogP) is 3.09. The maximum absolute atomic E-state index is 12.2. The molecule has 19 heavy (non-hydrogen) atoms. The molecule has 0 aromatic carbocycles. The highest BCUT2D eigenvalue weighted by Crippen LogP contribution is 2.39. The van der Waals surface area contributed by atoms with Gasteiger partial charge in [0.1, 0.15) is 5.82 Å². The number of nitrogens with zero attached hydrogens (tertiary/aromatic N) is 1. The van der Waals surface area contributed by atoms with Crippen LogP contribution in [0, 0.1) is 0 Å². The lowest BCUT2D eigenvalue weighted by Crippen LogP contribution is -2.20. The number of thioether (sulfide) groups is 1. The Balaban J connectivity index is 1.90. The summed E-state index contributed by atoms with van der Waals surface area (Å²) in [4.78, 5) is 19.4. The normalized spacial score (nSPS) is 24.7. The number of hydrogen-bond donors (Lipinski definition) is 2. The Morgan fingerprint density at radius 2 is 1.89 bits per heavy atom. The highest BCUT2D eigenvalue weighted by Gasteiger charge is 2.26. The van der Waals surface area contributed by atoms with Gasteiger partial charge in [-0.1, -0.05) is 19.3 Å². The van der Waals surface area contributed by atoms with Crippen LogP contribution in [0.25, 0.3) is 0 Å². The van der Waals surface area contributed by atoms with Crippen LogP contribution in [0.4, 0.5) is 0 Å². The Morgan fingerprint density at radius 1 is 1.16 bits per heavy atom. The van der Waals surface area contributed by atoms with Gasteiger partial charge in [0.25, 0.3) is 5.56 Å². The molecule has 0 radical (unpaired) electrons. The summed E-state index contributed by atoms with van der Waals surface area (Å²) in [6, 6.07) is 0. The van der Waals surface area contributed by atoms with Gasteiger partial charge in [-0.2, -0.15) is 16.7 Å². The number of aromatic nitrogens is 2. The lowest BCUT2D eigenvalue weighted by molar-refractivity contribution is 0.430. The van der Waals surface area contributed by atoms with Crippen LogP contribution in [0.5, 0.6) is 5.88 Å². The molecule has 5 heteroatoms. The largest absolute Gasteiger partial charge is 0.493 e. The van der Waals surface area contributed by atoms with Gasteiger partial charge in [-0.3, -0.25) is 4.79 Å². The van der Waals surface area contributed by atoms with Crippen LogP contribution in [0.2, 0.25) is 0 Å². The smallest absolute Gasteiger partial charge is 0.258 e. The van der Waals surface area contributed by atoms with E-state index in [2.05, 4.69) is 9.97 Å². The molecule has 0 bridgehead atoms. The van der Waals surface area contributed by atoms with Gasteiger partial charge in [0.2, 0.25) is 5.88 Å². The average Bonchev–Trinajstić information content (AvgIpc) is 2.93. The maximum atomic E-state index is 12.2. The lowest BCUT2D eigenvalue weighted by Gasteiger charge is -2.21. The summed E-state index contributed by atoms with van der Waals surface area (Å²) in [6.07, 6.45) is 7.72. The minimum atomic E-state index is -0.124. The molecule has 2 fully saturated rings. The third-order valence-corrected chi connectivity index (χ3v) is 5.59. The Hall–Kier alpha value is -0.970. The highest BCUT2D eigenvalue weighted by molar-refractivity contribution is 7.99. The molecule has 1 aromatic heterocycles. The first kappa shape index (κ1) is 13.0. The summed E-state index contributed by atoms with van der Waals surface area (Å²) < 4.78 is 0. The fourth-order valence-electron chi connectivity index (χ4n) is 3.18. The van der Waals surface area contributed by atoms with Crippen LogP contribution >= 0.6 is 11.8 Å². The summed E-state index contributed by atoms with van der Waals surface area (Å²) in [5, 5.41) is 10.4. The van der Waals surface area contributed by atoms with Gasteiger partial charge in [-0.25, -0.2) is 0 Å². The second-order valence-electron chi connectivity index (χ2n) is 5.53. The molecular weight excluding hydrogens is 260 g/mol. The van der Waals surface area contributed by atoms with Crippen molar-refractivity contribution in [3.8, 4) is 5.88 Å². The van der Waals surface area contributed by atoms with E-state index in [0.717, 1.165) is 37.9 Å². The van der Waals surface area contributed by atoms with Gasteiger partial charge >= 0.3 is 0 Å². The van der Waals surface area contributed by atoms with Crippen molar-refractivity contribution >= 4 is 11.8 Å². The van der Waals surface area contributed by atoms with Gasteiger partial charge < -0.3 is 10.1 Å². The van der Waals surface area contributed by atoms with E-state index in [1.807, 2.05) is 11.8 Å². The zero-order valence-corrected chi connectivity index (χ0v) is 11.8. The van der Waals surface area contributed by atoms with Crippen molar-refractivity contribution in [2.24, 2.45) is 0 Å². The van der Waals surface area contributed by atoms with E-state index in [-0.39, 0.29) is 22.6 Å². The van der Waals surface area contributed by atoms with E-state index < -0.39 is 0 Å². The molecule has 104 valence electrons. The summed E-state index contributed by atoms with van der Waals surface area (Å²) >= 11 is 1.83. The Bertz CT molecular complexity index is 503. The van der Waals surface area contributed by atoms with Crippen molar-refractivity contribution in [1.29, 1.82) is 0 Å². The molecule has 4 nitrogen and oxygen atoms in total. The van der Waals surface area contributed by atoms with E-state index in [1.54, 1.807) is 0 Å². The minimum Gasteiger partial charge on any atom is -0.493 e. The van der Waals surface area contributed by atoms with E-state index in [9.17, 15) is 9.90 Å². The molecule has 1 saturated heterocycles. The second kappa shape index (κ2) is 5.57. The van der Waals surface area contributed by atoms with Crippen molar-refractivity contribution in [2.45, 2.75) is 56.1 Å². The van der Waals surface area contributed by atoms with Crippen LogP contribution in [0.3, 0.4) is 0 Å². The van der Waals surface area contributed by atoms with Gasteiger partial charge in [0.05, 0.1) is 10.8 Å². The summed E-state index contributed by atoms with van der Waals surface area (Å²) in [5.41, 5.74) is 0.391. The quantitative estimate of drug-likeness (QED) is 0.873. The molecule has 1 atom stereocenters. The Morgan fingerprint density at radius 3 is 2.53 bits per heavy atom. The molecule has 1 unspecified atom stereocenters. The number of hydrogen-bond acceptors (Lipinski definition) is 4. The Labute approximate surface area is 117 Å². The van der Waals surface area contributed by atoms with Crippen LogP contribution in [0.15, 0.2) is 4.79 Å². The molecular formula is C14H20N2O2S. The second-order valence-corrected chi connectivity index (χ2v) is 6.84. The van der Waals surface area contributed by atoms with Crippen molar-refractivity contribution in [1.82, 2.24) is 9.97 Å². The van der Waals surface area contributed by atoms with Crippen molar-refractivity contribution < 1.29 is 5.11 Å². The van der Waals surface area contributed by atoms with Gasteiger partial charge in [0.15, 0.2) is 0 Å². The lowest BCUT2D eigenvalue weighted by atomic mass is 10.00. The molecule has 1 aliphatic heterocycles. The third-order valence-electron chi connectivity index (χ3n) is 4.20. The number of nitrogens with one attached hydrogen (secondary N) is 1. The zero-order valence-electron chi connectivity index (χ0n) is 11.0. The highest BCUT2D eigenvalue weighted by atomic mass is 32.2. The van der Waals surface area contributed by atoms with Crippen molar-refractivity contribution in [2.75, 3.05) is 5.75 Å². The van der Waals surface area contributed by atoms with Crippen LogP contribution in [0.1, 0.15) is 67.5 Å². The van der Waals surface area contributed by atoms with Crippen molar-refractivity contribution in [3.63, 3.8) is 0 Å². The monoisotopic (exact) mass is 280 g/mol. The molecule has 0 spiro atoms. The number of aromatic hydroxyl groups is 1. The number of H-pyrrole nitrogens is 1. The van der Waals surface area contributed by atoms with E-state index in [0.29, 0.717) is 11.4 Å². The van der Waals surface area contributed by atoms with Crippen molar-refractivity contribution in [3.05, 3.63) is 21.7 Å². The van der Waals surface area contributed by atoms with Crippen LogP contribution in [-0.4, -0.2) is 20.8 Å². The summed E-state index contributed by atoms with van der Waals surface area (Å²) in [7, 11) is 0. The molecule has 0 amide bonds. The fourth-order valence-corrected chi connectivity index (χ4v) is 4.44. The first-order valence-electron chi connectivity index (χ1n) is 7.20.